The van der Waals surface area contributed by atoms with Gasteiger partial charge >= 0.3 is 0 Å². The molecule has 0 fully saturated rings. The summed E-state index contributed by atoms with van der Waals surface area (Å²) in [7, 11) is 0. The quantitative estimate of drug-likeness (QED) is 0.603. The molecule has 0 unspecified atom stereocenters. The lowest BCUT2D eigenvalue weighted by Crippen LogP contribution is -2.33. The molecule has 1 nitrogen and oxygen atoms in total. The average molecular weight is 238 g/mol. The van der Waals surface area contributed by atoms with Crippen molar-refractivity contribution < 1.29 is 8.96 Å². The molecule has 2 aromatic carbocycles. The van der Waals surface area contributed by atoms with E-state index >= 15 is 0 Å². The zero-order valence-electron chi connectivity index (χ0n) is 9.88. The van der Waals surface area contributed by atoms with E-state index in [1.165, 1.54) is 16.8 Å². The molecule has 2 heteroatoms. The normalized spacial score (nSPS) is 10.7. The summed E-state index contributed by atoms with van der Waals surface area (Å²) in [6, 6.07) is 17.0. The van der Waals surface area contributed by atoms with Gasteiger partial charge in [-0.1, -0.05) is 30.3 Å². The Labute approximate surface area is 105 Å². The third-order valence-corrected chi connectivity index (χ3v) is 3.00. The van der Waals surface area contributed by atoms with E-state index in [0.717, 1.165) is 5.56 Å². The molecule has 0 saturated heterocycles. The molecule has 0 aliphatic carbocycles. The van der Waals surface area contributed by atoms with Crippen LogP contribution in [-0.2, 0) is 6.54 Å². The molecule has 0 aliphatic heterocycles. The number of aromatic nitrogens is 1. The average Bonchev–Trinajstić information content (AvgIpc) is 2.39. The summed E-state index contributed by atoms with van der Waals surface area (Å²) in [5.74, 6) is -0.186. The highest BCUT2D eigenvalue weighted by molar-refractivity contribution is 5.80. The van der Waals surface area contributed by atoms with Crippen LogP contribution in [0, 0.1) is 5.82 Å². The monoisotopic (exact) mass is 238 g/mol. The zero-order chi connectivity index (χ0) is 12.4. The van der Waals surface area contributed by atoms with Gasteiger partial charge in [0.2, 0.25) is 0 Å². The molecule has 0 radical (unpaired) electrons. The van der Waals surface area contributed by atoms with E-state index in [4.69, 9.17) is 0 Å². The molecule has 3 aromatic rings. The molecule has 0 amide bonds. The predicted molar refractivity (Wildman–Crippen MR) is 69.6 cm³/mol. The van der Waals surface area contributed by atoms with Crippen LogP contribution < -0.4 is 4.57 Å². The number of hydrogen-bond acceptors (Lipinski definition) is 0. The molecule has 0 spiro atoms. The Morgan fingerprint density at radius 2 is 1.72 bits per heavy atom. The Balaban J connectivity index is 1.95. The van der Waals surface area contributed by atoms with Crippen LogP contribution in [0.3, 0.4) is 0 Å². The van der Waals surface area contributed by atoms with Crippen LogP contribution in [0.2, 0.25) is 0 Å². The summed E-state index contributed by atoms with van der Waals surface area (Å²) in [6.45, 7) is 0.683. The SMILES string of the molecule is Fc1cccc(C[n+]2ccc3ccccc3c2)c1. The van der Waals surface area contributed by atoms with Crippen molar-refractivity contribution in [3.63, 3.8) is 0 Å². The number of nitrogens with zero attached hydrogens (tertiary/aromatic N) is 1. The highest BCUT2D eigenvalue weighted by Gasteiger charge is 2.04. The maximum atomic E-state index is 13.1. The molecule has 0 saturated carbocycles. The minimum absolute atomic E-state index is 0.186. The number of rotatable bonds is 2. The minimum Gasteiger partial charge on any atom is -0.207 e. The van der Waals surface area contributed by atoms with Crippen molar-refractivity contribution in [2.24, 2.45) is 0 Å². The van der Waals surface area contributed by atoms with Crippen LogP contribution in [0.15, 0.2) is 67.0 Å². The van der Waals surface area contributed by atoms with E-state index in [1.807, 2.05) is 24.4 Å². The Morgan fingerprint density at radius 3 is 2.56 bits per heavy atom. The predicted octanol–water partition coefficient (Wildman–Crippen LogP) is 3.31. The fourth-order valence-electron chi connectivity index (χ4n) is 2.12. The molecular formula is C16H13FN+. The van der Waals surface area contributed by atoms with Gasteiger partial charge in [0.15, 0.2) is 18.9 Å². The first-order valence-corrected chi connectivity index (χ1v) is 5.93. The van der Waals surface area contributed by atoms with Gasteiger partial charge < -0.3 is 0 Å². The summed E-state index contributed by atoms with van der Waals surface area (Å²) >= 11 is 0. The van der Waals surface area contributed by atoms with Crippen molar-refractivity contribution in [2.75, 3.05) is 0 Å². The Hall–Kier alpha value is -2.22. The number of fused-ring (bicyclic) bond motifs is 1. The van der Waals surface area contributed by atoms with E-state index in [1.54, 1.807) is 12.1 Å². The van der Waals surface area contributed by atoms with Crippen LogP contribution >= 0.6 is 0 Å². The van der Waals surface area contributed by atoms with Crippen LogP contribution in [0.1, 0.15) is 5.56 Å². The smallest absolute Gasteiger partial charge is 0.176 e. The summed E-state index contributed by atoms with van der Waals surface area (Å²) < 4.78 is 15.2. The molecule has 1 aromatic heterocycles. The molecule has 0 bridgehead atoms. The third kappa shape index (κ3) is 2.23. The standard InChI is InChI=1S/C16H13FN/c17-16-7-3-4-13(10-16)11-18-9-8-14-5-1-2-6-15(14)12-18/h1-10,12H,11H2/q+1. The molecule has 3 rings (SSSR count). The lowest BCUT2D eigenvalue weighted by atomic mass is 10.1. The summed E-state index contributed by atoms with van der Waals surface area (Å²) in [4.78, 5) is 0. The number of hydrogen-bond donors (Lipinski definition) is 0. The Morgan fingerprint density at radius 1 is 0.889 bits per heavy atom. The van der Waals surface area contributed by atoms with Crippen LogP contribution in [-0.4, -0.2) is 0 Å². The van der Waals surface area contributed by atoms with Crippen molar-refractivity contribution in [1.82, 2.24) is 0 Å². The third-order valence-electron chi connectivity index (χ3n) is 3.00. The molecule has 0 N–H and O–H groups in total. The summed E-state index contributed by atoms with van der Waals surface area (Å²) in [6.07, 6.45) is 4.10. The van der Waals surface area contributed by atoms with E-state index in [0.29, 0.717) is 6.54 Å². The Kier molecular flexibility index (Phi) is 2.77. The first-order chi connectivity index (χ1) is 8.81. The van der Waals surface area contributed by atoms with Crippen molar-refractivity contribution in [3.8, 4) is 0 Å². The second-order valence-corrected chi connectivity index (χ2v) is 4.38. The topological polar surface area (TPSA) is 3.88 Å². The first-order valence-electron chi connectivity index (χ1n) is 5.93. The van der Waals surface area contributed by atoms with Gasteiger partial charge in [0.1, 0.15) is 5.82 Å². The zero-order valence-corrected chi connectivity index (χ0v) is 9.88. The van der Waals surface area contributed by atoms with Crippen molar-refractivity contribution in [3.05, 3.63) is 78.4 Å². The van der Waals surface area contributed by atoms with Gasteiger partial charge in [-0.2, -0.15) is 0 Å². The molecule has 18 heavy (non-hydrogen) atoms. The van der Waals surface area contributed by atoms with Gasteiger partial charge in [-0.15, -0.1) is 0 Å². The van der Waals surface area contributed by atoms with E-state index in [-0.39, 0.29) is 5.82 Å². The van der Waals surface area contributed by atoms with E-state index < -0.39 is 0 Å². The summed E-state index contributed by atoms with van der Waals surface area (Å²) in [5, 5.41) is 2.41. The van der Waals surface area contributed by atoms with Crippen molar-refractivity contribution in [2.45, 2.75) is 6.54 Å². The fraction of sp³-hybridized carbons (Fsp3) is 0.0625. The van der Waals surface area contributed by atoms with Gasteiger partial charge in [-0.05, 0) is 23.6 Å². The summed E-state index contributed by atoms with van der Waals surface area (Å²) in [5.41, 5.74) is 0.968. The second kappa shape index (κ2) is 4.57. The lowest BCUT2D eigenvalue weighted by Gasteiger charge is -2.00. The molecule has 0 atom stereocenters. The van der Waals surface area contributed by atoms with Gasteiger partial charge in [-0.25, -0.2) is 8.96 Å². The number of halogens is 1. The number of pyridine rings is 1. The van der Waals surface area contributed by atoms with Gasteiger partial charge in [0.25, 0.3) is 0 Å². The van der Waals surface area contributed by atoms with E-state index in [9.17, 15) is 4.39 Å². The molecular weight excluding hydrogens is 225 g/mol. The van der Waals surface area contributed by atoms with Gasteiger partial charge in [0, 0.05) is 17.0 Å². The van der Waals surface area contributed by atoms with E-state index in [2.05, 4.69) is 29.0 Å². The maximum absolute atomic E-state index is 13.1. The highest BCUT2D eigenvalue weighted by Crippen LogP contribution is 2.10. The fourth-order valence-corrected chi connectivity index (χ4v) is 2.12. The number of benzene rings is 2. The van der Waals surface area contributed by atoms with Gasteiger partial charge in [-0.3, -0.25) is 0 Å². The lowest BCUT2D eigenvalue weighted by molar-refractivity contribution is -0.687. The minimum atomic E-state index is -0.186. The first kappa shape index (κ1) is 10.9. The van der Waals surface area contributed by atoms with Crippen LogP contribution in [0.5, 0.6) is 0 Å². The molecule has 0 aliphatic rings. The highest BCUT2D eigenvalue weighted by atomic mass is 19.1. The largest absolute Gasteiger partial charge is 0.207 e. The van der Waals surface area contributed by atoms with Crippen molar-refractivity contribution >= 4 is 10.8 Å². The maximum Gasteiger partial charge on any atom is 0.176 e. The van der Waals surface area contributed by atoms with Crippen molar-refractivity contribution in [1.29, 1.82) is 0 Å². The van der Waals surface area contributed by atoms with Crippen LogP contribution in [0.25, 0.3) is 10.8 Å². The van der Waals surface area contributed by atoms with Crippen LogP contribution in [0.4, 0.5) is 4.39 Å². The van der Waals surface area contributed by atoms with Gasteiger partial charge in [0.05, 0.1) is 0 Å². The molecule has 88 valence electrons. The second-order valence-electron chi connectivity index (χ2n) is 4.38. The molecule has 1 heterocycles. The Bertz CT molecular complexity index is 691.